The number of nitrogens with zero attached hydrogens (tertiary/aromatic N) is 6. The van der Waals surface area contributed by atoms with E-state index < -0.39 is 0 Å². The van der Waals surface area contributed by atoms with Crippen LogP contribution in [0.25, 0.3) is 53.6 Å². The first-order chi connectivity index (χ1) is 26.0. The number of fused-ring (bicyclic) bond motifs is 5. The summed E-state index contributed by atoms with van der Waals surface area (Å²) < 4.78 is 19.3. The molecule has 274 valence electrons. The van der Waals surface area contributed by atoms with Crippen molar-refractivity contribution in [1.29, 1.82) is 0 Å². The number of aromatic nitrogens is 4. The van der Waals surface area contributed by atoms with Gasteiger partial charge in [-0.1, -0.05) is 90.9 Å². The van der Waals surface area contributed by atoms with Crippen LogP contribution in [0.5, 0.6) is 0 Å². The van der Waals surface area contributed by atoms with E-state index >= 15 is 0 Å². The Morgan fingerprint density at radius 1 is 0.585 bits per heavy atom. The van der Waals surface area contributed by atoms with E-state index in [-0.39, 0.29) is 5.41 Å². The molecule has 0 N–H and O–H groups in total. The molecular weight excluding hydrogens is 729 g/mol. The summed E-state index contributed by atoms with van der Waals surface area (Å²) in [7, 11) is 0. The fourth-order valence-corrected chi connectivity index (χ4v) is 11.6. The molecule has 0 saturated carbocycles. The zero-order valence-electron chi connectivity index (χ0n) is 31.3. The molecule has 10 heteroatoms. The maximum Gasteiger partial charge on any atom is 0.116 e. The lowest BCUT2D eigenvalue weighted by Crippen LogP contribution is -2.26. The minimum atomic E-state index is -0.0154. The Morgan fingerprint density at radius 3 is 1.75 bits per heavy atom. The van der Waals surface area contributed by atoms with Gasteiger partial charge in [0.2, 0.25) is 0 Å². The van der Waals surface area contributed by atoms with Crippen LogP contribution in [0.4, 0.5) is 11.4 Å². The number of benzene rings is 1. The first-order valence-corrected chi connectivity index (χ1v) is 22.7. The van der Waals surface area contributed by atoms with Gasteiger partial charge in [0.25, 0.3) is 0 Å². The molecule has 6 nitrogen and oxygen atoms in total. The summed E-state index contributed by atoms with van der Waals surface area (Å²) in [5, 5.41) is 0. The highest BCUT2D eigenvalue weighted by molar-refractivity contribution is 7.58. The van der Waals surface area contributed by atoms with Gasteiger partial charge in [0.05, 0.1) is 33.7 Å². The van der Waals surface area contributed by atoms with E-state index in [4.69, 9.17) is 27.4 Å². The smallest absolute Gasteiger partial charge is 0.116 e. The highest BCUT2D eigenvalue weighted by Gasteiger charge is 2.43. The van der Waals surface area contributed by atoms with Crippen molar-refractivity contribution in [2.75, 3.05) is 0 Å². The second kappa shape index (κ2) is 16.1. The molecule has 0 unspecified atom stereocenters. The number of thiophene rings is 2. The van der Waals surface area contributed by atoms with Crippen LogP contribution in [0, 0.1) is 13.8 Å². The minimum Gasteiger partial charge on any atom is -0.261 e. The second-order valence-corrected chi connectivity index (χ2v) is 18.3. The number of aryl methyl sites for hydroxylation is 2. The Labute approximate surface area is 329 Å². The zero-order valence-corrected chi connectivity index (χ0v) is 34.6. The van der Waals surface area contributed by atoms with E-state index in [0.29, 0.717) is 0 Å². The van der Waals surface area contributed by atoms with Crippen LogP contribution in [0.15, 0.2) is 57.5 Å². The quantitative estimate of drug-likeness (QED) is 0.0863. The first-order valence-electron chi connectivity index (χ1n) is 19.6. The lowest BCUT2D eigenvalue weighted by molar-refractivity contribution is 0.397. The molecule has 2 aliphatic rings. The van der Waals surface area contributed by atoms with Crippen LogP contribution in [0.2, 0.25) is 0 Å². The Bertz CT molecular complexity index is 2310. The Morgan fingerprint density at radius 2 is 1.13 bits per heavy atom. The van der Waals surface area contributed by atoms with Crippen molar-refractivity contribution >= 4 is 68.2 Å². The molecule has 8 rings (SSSR count). The van der Waals surface area contributed by atoms with Crippen LogP contribution >= 0.6 is 34.4 Å². The molecule has 0 amide bonds. The lowest BCUT2D eigenvalue weighted by atomic mass is 9.70. The molecule has 0 bridgehead atoms. The molecule has 1 aliphatic carbocycles. The molecule has 1 aromatic carbocycles. The number of hydrogen-bond donors (Lipinski definition) is 0. The maximum absolute atomic E-state index is 5.17. The summed E-state index contributed by atoms with van der Waals surface area (Å²) in [6.45, 7) is 8.89. The molecule has 53 heavy (non-hydrogen) atoms. The van der Waals surface area contributed by atoms with E-state index in [1.807, 2.05) is 0 Å². The maximum atomic E-state index is 5.17. The van der Waals surface area contributed by atoms with E-state index in [0.717, 1.165) is 59.6 Å². The largest absolute Gasteiger partial charge is 0.261 e. The standard InChI is InChI=1S/C43H48N6S4/c1-5-7-9-11-13-15-21-43(22-16-14-12-10-8-6-2)31-23-27(3)44-25-29(31)30-26-45-33(24-32(30)43)34-19-20-36(51-34)38-41-39(46-52-48-41)37(35-18-17-28(4)50-35)40-42(38)49-53-47-40/h17-20,23-26H,5-16,21-22H2,1-4H3. The van der Waals surface area contributed by atoms with Gasteiger partial charge in [-0.2, -0.15) is 17.5 Å². The van der Waals surface area contributed by atoms with Crippen LogP contribution in [0.1, 0.15) is 125 Å². The van der Waals surface area contributed by atoms with Gasteiger partial charge in [-0.05, 0) is 74.2 Å². The predicted octanol–water partition coefficient (Wildman–Crippen LogP) is 14.7. The van der Waals surface area contributed by atoms with Crippen LogP contribution in [0.3, 0.4) is 0 Å². The summed E-state index contributed by atoms with van der Waals surface area (Å²) >= 11 is 6.07. The molecular formula is C43H48N6S4. The SMILES string of the molecule is CCCCCCCCC1(CCCCCCCC)c2cc(C)ncc2-c2cnc(-c3ccc(-c4c5c(c(-c6ccc(C)s6)c6nsnc46)N=S=N5)s3)cc21. The van der Waals surface area contributed by atoms with E-state index in [1.54, 1.807) is 22.7 Å². The summed E-state index contributed by atoms with van der Waals surface area (Å²) in [5.41, 5.74) is 13.3. The molecule has 0 fully saturated rings. The van der Waals surface area contributed by atoms with Gasteiger partial charge in [-0.15, -0.1) is 22.7 Å². The molecule has 5 aromatic heterocycles. The van der Waals surface area contributed by atoms with Crippen molar-refractivity contribution in [2.24, 2.45) is 8.73 Å². The Kier molecular flexibility index (Phi) is 11.1. The summed E-state index contributed by atoms with van der Waals surface area (Å²) in [5.74, 6) is 0. The molecule has 1 aliphatic heterocycles. The van der Waals surface area contributed by atoms with Gasteiger partial charge >= 0.3 is 0 Å². The van der Waals surface area contributed by atoms with Crippen molar-refractivity contribution in [3.63, 3.8) is 0 Å². The van der Waals surface area contributed by atoms with Gasteiger partial charge in [0.1, 0.15) is 22.4 Å². The normalized spacial score (nSPS) is 13.8. The molecule has 0 spiro atoms. The van der Waals surface area contributed by atoms with Gasteiger partial charge in [-0.25, -0.2) is 0 Å². The van der Waals surface area contributed by atoms with Crippen LogP contribution < -0.4 is 0 Å². The molecule has 6 heterocycles. The highest BCUT2D eigenvalue weighted by atomic mass is 32.1. The fraction of sp³-hybridized carbons (Fsp3) is 0.442. The average molecular weight is 777 g/mol. The molecule has 0 saturated heterocycles. The van der Waals surface area contributed by atoms with Gasteiger partial charge in [-0.3, -0.25) is 9.97 Å². The first kappa shape index (κ1) is 36.5. The van der Waals surface area contributed by atoms with Gasteiger partial charge in [0, 0.05) is 60.4 Å². The van der Waals surface area contributed by atoms with Crippen molar-refractivity contribution in [1.82, 2.24) is 18.7 Å². The average Bonchev–Trinajstić information content (AvgIpc) is 4.02. The molecule has 0 radical (unpaired) electrons. The fourth-order valence-electron chi connectivity index (χ4n) is 8.50. The number of pyridine rings is 2. The number of unbranched alkanes of at least 4 members (excludes halogenated alkanes) is 10. The third-order valence-electron chi connectivity index (χ3n) is 11.2. The van der Waals surface area contributed by atoms with Crippen molar-refractivity contribution < 1.29 is 0 Å². The molecule has 6 aromatic rings. The van der Waals surface area contributed by atoms with Gasteiger partial charge in [0.15, 0.2) is 0 Å². The van der Waals surface area contributed by atoms with Crippen LogP contribution in [-0.2, 0) is 16.8 Å². The summed E-state index contributed by atoms with van der Waals surface area (Å²) in [6, 6.07) is 13.6. The van der Waals surface area contributed by atoms with Crippen molar-refractivity contribution in [2.45, 2.75) is 123 Å². The third-order valence-corrected chi connectivity index (χ3v) is 14.4. The predicted molar refractivity (Wildman–Crippen MR) is 228 cm³/mol. The van der Waals surface area contributed by atoms with Crippen LogP contribution in [-0.4, -0.2) is 18.7 Å². The monoisotopic (exact) mass is 776 g/mol. The highest BCUT2D eigenvalue weighted by Crippen LogP contribution is 2.56. The number of rotatable bonds is 17. The topological polar surface area (TPSA) is 76.3 Å². The van der Waals surface area contributed by atoms with E-state index in [1.165, 1.54) is 140 Å². The Balaban J connectivity index is 1.17. The van der Waals surface area contributed by atoms with E-state index in [2.05, 4.69) is 76.5 Å². The second-order valence-electron chi connectivity index (χ2n) is 14.9. The van der Waals surface area contributed by atoms with E-state index in [9.17, 15) is 0 Å². The number of hydrogen-bond acceptors (Lipinski definition) is 9. The van der Waals surface area contributed by atoms with Gasteiger partial charge < -0.3 is 0 Å². The third kappa shape index (κ3) is 7.01. The lowest BCUT2D eigenvalue weighted by Gasteiger charge is -2.33. The Hall–Kier alpha value is -3.44. The molecule has 0 atom stereocenters. The van der Waals surface area contributed by atoms with Crippen molar-refractivity contribution in [3.05, 3.63) is 70.5 Å². The summed E-state index contributed by atoms with van der Waals surface area (Å²) in [4.78, 5) is 14.7. The zero-order chi connectivity index (χ0) is 36.4. The minimum absolute atomic E-state index is 0.0154. The van der Waals surface area contributed by atoms with Crippen molar-refractivity contribution in [3.8, 4) is 42.6 Å². The summed E-state index contributed by atoms with van der Waals surface area (Å²) in [6.07, 6.45) is 22.3.